The standard InChI is InChI=1S/C13H26N2O3/c1-9(7-6-8-16)14-11(17)10(2)15-12(18)13(3,4)5/h9-10,16H,6-8H2,1-5H3,(H,14,17)(H,15,18). The van der Waals surface area contributed by atoms with Crippen molar-refractivity contribution in [3.05, 3.63) is 0 Å². The van der Waals surface area contributed by atoms with Crippen LogP contribution >= 0.6 is 0 Å². The zero-order chi connectivity index (χ0) is 14.3. The summed E-state index contributed by atoms with van der Waals surface area (Å²) in [5, 5.41) is 14.2. The number of amides is 2. The third kappa shape index (κ3) is 6.59. The van der Waals surface area contributed by atoms with E-state index in [1.807, 2.05) is 6.92 Å². The Morgan fingerprint density at radius 3 is 2.17 bits per heavy atom. The van der Waals surface area contributed by atoms with Crippen molar-refractivity contribution in [3.63, 3.8) is 0 Å². The summed E-state index contributed by atoms with van der Waals surface area (Å²) < 4.78 is 0. The van der Waals surface area contributed by atoms with Gasteiger partial charge in [0.1, 0.15) is 6.04 Å². The lowest BCUT2D eigenvalue weighted by Gasteiger charge is -2.22. The molecule has 2 atom stereocenters. The number of rotatable bonds is 6. The molecule has 5 nitrogen and oxygen atoms in total. The molecule has 0 aromatic carbocycles. The number of carbonyl (C=O) groups excluding carboxylic acids is 2. The van der Waals surface area contributed by atoms with Crippen LogP contribution in [0.1, 0.15) is 47.5 Å². The predicted molar refractivity (Wildman–Crippen MR) is 71.0 cm³/mol. The average Bonchev–Trinajstić information content (AvgIpc) is 2.24. The van der Waals surface area contributed by atoms with Crippen molar-refractivity contribution in [2.45, 2.75) is 59.5 Å². The SMILES string of the molecule is CC(CCCO)NC(=O)C(C)NC(=O)C(C)(C)C. The minimum absolute atomic E-state index is 0.00126. The van der Waals surface area contributed by atoms with Gasteiger partial charge in [0, 0.05) is 18.1 Å². The zero-order valence-electron chi connectivity index (χ0n) is 12.0. The summed E-state index contributed by atoms with van der Waals surface area (Å²) >= 11 is 0. The largest absolute Gasteiger partial charge is 0.396 e. The molecule has 0 aromatic rings. The molecule has 0 aromatic heterocycles. The highest BCUT2D eigenvalue weighted by Gasteiger charge is 2.25. The second kappa shape index (κ2) is 7.36. The number of aliphatic hydroxyl groups excluding tert-OH is 1. The maximum Gasteiger partial charge on any atom is 0.242 e. The first kappa shape index (κ1) is 16.9. The highest BCUT2D eigenvalue weighted by Crippen LogP contribution is 2.12. The molecule has 0 aliphatic rings. The lowest BCUT2D eigenvalue weighted by Crippen LogP contribution is -2.50. The van der Waals surface area contributed by atoms with Crippen molar-refractivity contribution < 1.29 is 14.7 Å². The molecule has 5 heteroatoms. The summed E-state index contributed by atoms with van der Waals surface area (Å²) in [5.74, 6) is -0.341. The fourth-order valence-corrected chi connectivity index (χ4v) is 1.32. The Hall–Kier alpha value is -1.10. The maximum atomic E-state index is 11.8. The molecule has 106 valence electrons. The molecule has 2 amide bonds. The van der Waals surface area contributed by atoms with Crippen LogP contribution in [0.15, 0.2) is 0 Å². The van der Waals surface area contributed by atoms with Gasteiger partial charge in [0.05, 0.1) is 0 Å². The molecular weight excluding hydrogens is 232 g/mol. The van der Waals surface area contributed by atoms with E-state index in [4.69, 9.17) is 5.11 Å². The van der Waals surface area contributed by atoms with Gasteiger partial charge >= 0.3 is 0 Å². The van der Waals surface area contributed by atoms with E-state index in [1.54, 1.807) is 27.7 Å². The molecule has 0 aliphatic heterocycles. The van der Waals surface area contributed by atoms with Gasteiger partial charge in [0.25, 0.3) is 0 Å². The van der Waals surface area contributed by atoms with Gasteiger partial charge in [-0.05, 0) is 26.7 Å². The number of hydrogen-bond donors (Lipinski definition) is 3. The Bertz CT molecular complexity index is 284. The molecule has 0 radical (unpaired) electrons. The molecule has 0 fully saturated rings. The van der Waals surface area contributed by atoms with E-state index in [2.05, 4.69) is 10.6 Å². The van der Waals surface area contributed by atoms with Gasteiger partial charge < -0.3 is 15.7 Å². The van der Waals surface area contributed by atoms with E-state index < -0.39 is 11.5 Å². The summed E-state index contributed by atoms with van der Waals surface area (Å²) in [5.41, 5.74) is -0.503. The molecule has 0 saturated carbocycles. The lowest BCUT2D eigenvalue weighted by molar-refractivity contribution is -0.133. The van der Waals surface area contributed by atoms with Gasteiger partial charge in [-0.2, -0.15) is 0 Å². The third-order valence-corrected chi connectivity index (χ3v) is 2.61. The van der Waals surface area contributed by atoms with Gasteiger partial charge in [-0.25, -0.2) is 0 Å². The van der Waals surface area contributed by atoms with Crippen molar-refractivity contribution in [1.82, 2.24) is 10.6 Å². The van der Waals surface area contributed by atoms with Crippen LogP contribution in [-0.4, -0.2) is 35.6 Å². The molecule has 0 spiro atoms. The molecule has 0 bridgehead atoms. The van der Waals surface area contributed by atoms with Crippen molar-refractivity contribution in [1.29, 1.82) is 0 Å². The molecule has 0 saturated heterocycles. The second-order valence-electron chi connectivity index (χ2n) is 5.72. The molecule has 0 aliphatic carbocycles. The summed E-state index contributed by atoms with van der Waals surface area (Å²) in [6, 6.07) is -0.549. The minimum Gasteiger partial charge on any atom is -0.396 e. The summed E-state index contributed by atoms with van der Waals surface area (Å²) in [4.78, 5) is 23.5. The number of nitrogens with one attached hydrogen (secondary N) is 2. The summed E-state index contributed by atoms with van der Waals surface area (Å²) in [6.07, 6.45) is 1.38. The van der Waals surface area contributed by atoms with Gasteiger partial charge in [-0.3, -0.25) is 9.59 Å². The monoisotopic (exact) mass is 258 g/mol. The van der Waals surface area contributed by atoms with Gasteiger partial charge in [-0.15, -0.1) is 0 Å². The highest BCUT2D eigenvalue weighted by atomic mass is 16.3. The van der Waals surface area contributed by atoms with Crippen molar-refractivity contribution in [2.24, 2.45) is 5.41 Å². The first-order valence-corrected chi connectivity index (χ1v) is 6.40. The first-order chi connectivity index (χ1) is 8.18. The predicted octanol–water partition coefficient (Wildman–Crippen LogP) is 0.814. The van der Waals surface area contributed by atoms with Crippen LogP contribution in [-0.2, 0) is 9.59 Å². The average molecular weight is 258 g/mol. The molecule has 0 rings (SSSR count). The Morgan fingerprint density at radius 1 is 1.17 bits per heavy atom. The van der Waals surface area contributed by atoms with E-state index in [1.165, 1.54) is 0 Å². The second-order valence-corrected chi connectivity index (χ2v) is 5.72. The molecule has 2 unspecified atom stereocenters. The molecule has 18 heavy (non-hydrogen) atoms. The van der Waals surface area contributed by atoms with E-state index in [-0.39, 0.29) is 24.5 Å². The van der Waals surface area contributed by atoms with Crippen LogP contribution < -0.4 is 10.6 Å². The quantitative estimate of drug-likeness (QED) is 0.660. The van der Waals surface area contributed by atoms with E-state index in [0.29, 0.717) is 6.42 Å². The summed E-state index contributed by atoms with van der Waals surface area (Å²) in [6.45, 7) is 9.07. The van der Waals surface area contributed by atoms with Gasteiger partial charge in [0.15, 0.2) is 0 Å². The van der Waals surface area contributed by atoms with Crippen molar-refractivity contribution in [3.8, 4) is 0 Å². The zero-order valence-corrected chi connectivity index (χ0v) is 12.0. The van der Waals surface area contributed by atoms with Gasteiger partial charge in [-0.1, -0.05) is 20.8 Å². The fourth-order valence-electron chi connectivity index (χ4n) is 1.32. The Balaban J connectivity index is 4.15. The van der Waals surface area contributed by atoms with Crippen LogP contribution in [0.3, 0.4) is 0 Å². The Morgan fingerprint density at radius 2 is 1.72 bits per heavy atom. The fraction of sp³-hybridized carbons (Fsp3) is 0.846. The topological polar surface area (TPSA) is 78.4 Å². The van der Waals surface area contributed by atoms with Crippen LogP contribution in [0.4, 0.5) is 0 Å². The minimum atomic E-state index is -0.548. The number of hydrogen-bond acceptors (Lipinski definition) is 3. The number of carbonyl (C=O) groups is 2. The molecule has 3 N–H and O–H groups in total. The Kier molecular flexibility index (Phi) is 6.91. The maximum absolute atomic E-state index is 11.8. The van der Waals surface area contributed by atoms with Crippen LogP contribution in [0.5, 0.6) is 0 Å². The van der Waals surface area contributed by atoms with Crippen LogP contribution in [0, 0.1) is 5.41 Å². The number of aliphatic hydroxyl groups is 1. The van der Waals surface area contributed by atoms with Crippen molar-refractivity contribution >= 4 is 11.8 Å². The highest BCUT2D eigenvalue weighted by molar-refractivity contribution is 5.89. The van der Waals surface area contributed by atoms with E-state index in [9.17, 15) is 9.59 Å². The molecular formula is C13H26N2O3. The van der Waals surface area contributed by atoms with Crippen LogP contribution in [0.25, 0.3) is 0 Å². The lowest BCUT2D eigenvalue weighted by atomic mass is 9.95. The first-order valence-electron chi connectivity index (χ1n) is 6.40. The normalized spacial score (nSPS) is 14.8. The smallest absolute Gasteiger partial charge is 0.242 e. The summed E-state index contributed by atoms with van der Waals surface area (Å²) in [7, 11) is 0. The van der Waals surface area contributed by atoms with E-state index in [0.717, 1.165) is 6.42 Å². The third-order valence-electron chi connectivity index (χ3n) is 2.61. The van der Waals surface area contributed by atoms with Crippen LogP contribution in [0.2, 0.25) is 0 Å². The van der Waals surface area contributed by atoms with Crippen molar-refractivity contribution in [2.75, 3.05) is 6.61 Å². The van der Waals surface area contributed by atoms with E-state index >= 15 is 0 Å². The van der Waals surface area contributed by atoms with Gasteiger partial charge in [0.2, 0.25) is 11.8 Å². The molecule has 0 heterocycles. The Labute approximate surface area is 109 Å².